The maximum Gasteiger partial charge on any atom is 0.226 e. The van der Waals surface area contributed by atoms with Gasteiger partial charge in [0, 0.05) is 47.5 Å². The summed E-state index contributed by atoms with van der Waals surface area (Å²) in [6.07, 6.45) is 4.09. The third-order valence-corrected chi connectivity index (χ3v) is 6.87. The van der Waals surface area contributed by atoms with Crippen LogP contribution >= 0.6 is 23.8 Å². The van der Waals surface area contributed by atoms with Crippen LogP contribution in [-0.2, 0) is 4.79 Å². The average Bonchev–Trinajstić information content (AvgIpc) is 3.49. The summed E-state index contributed by atoms with van der Waals surface area (Å²) in [4.78, 5) is 19.5. The van der Waals surface area contributed by atoms with E-state index in [-0.39, 0.29) is 18.0 Å². The van der Waals surface area contributed by atoms with Crippen LogP contribution < -0.4 is 10.6 Å². The summed E-state index contributed by atoms with van der Waals surface area (Å²) < 4.78 is 2.11. The molecule has 36 heavy (non-hydrogen) atoms. The van der Waals surface area contributed by atoms with Gasteiger partial charge in [-0.15, -0.1) is 0 Å². The average molecular weight is 516 g/mol. The summed E-state index contributed by atoms with van der Waals surface area (Å²) >= 11 is 12.1. The van der Waals surface area contributed by atoms with Gasteiger partial charge in [-0.3, -0.25) is 9.78 Å². The molecule has 2 N–H and O–H groups in total. The summed E-state index contributed by atoms with van der Waals surface area (Å²) in [6, 6.07) is 25.1. The van der Waals surface area contributed by atoms with Gasteiger partial charge in [-0.25, -0.2) is 0 Å². The molecular formula is C28H26ClN5OS. The predicted octanol–water partition coefficient (Wildman–Crippen LogP) is 5.84. The molecule has 2 aromatic carbocycles. The molecule has 3 heterocycles. The SMILES string of the molecule is Cc1ccc(NC(=O)CCN2C(=S)N[C@H](c3ccccn3)[C@@H]2c2cccn2-c2cccc(Cl)c2)cc1. The lowest BCUT2D eigenvalue weighted by Gasteiger charge is -2.29. The number of nitrogens with zero attached hydrogens (tertiary/aromatic N) is 3. The highest BCUT2D eigenvalue weighted by atomic mass is 35.5. The highest BCUT2D eigenvalue weighted by Gasteiger charge is 2.41. The van der Waals surface area contributed by atoms with E-state index in [1.54, 1.807) is 6.20 Å². The van der Waals surface area contributed by atoms with Gasteiger partial charge in [-0.2, -0.15) is 0 Å². The van der Waals surface area contributed by atoms with Gasteiger partial charge in [0.15, 0.2) is 5.11 Å². The van der Waals surface area contributed by atoms with E-state index in [0.717, 1.165) is 28.3 Å². The number of thiocarbonyl (C=S) groups is 1. The van der Waals surface area contributed by atoms with Crippen LogP contribution in [0.25, 0.3) is 5.69 Å². The van der Waals surface area contributed by atoms with E-state index in [1.165, 1.54) is 0 Å². The zero-order chi connectivity index (χ0) is 25.1. The number of hydrogen-bond acceptors (Lipinski definition) is 3. The number of nitrogens with one attached hydrogen (secondary N) is 2. The van der Waals surface area contributed by atoms with Gasteiger partial charge in [-0.05, 0) is 73.7 Å². The van der Waals surface area contributed by atoms with Crippen molar-refractivity contribution in [3.05, 3.63) is 113 Å². The van der Waals surface area contributed by atoms with Crippen LogP contribution in [0.15, 0.2) is 91.3 Å². The molecule has 2 atom stereocenters. The number of pyridine rings is 1. The molecule has 1 aliphatic rings. The van der Waals surface area contributed by atoms with Crippen molar-refractivity contribution in [1.82, 2.24) is 19.8 Å². The molecule has 0 spiro atoms. The molecule has 8 heteroatoms. The van der Waals surface area contributed by atoms with Gasteiger partial charge in [0.2, 0.25) is 5.91 Å². The number of rotatable bonds is 7. The number of aryl methyl sites for hydroxylation is 1. The number of halogens is 1. The third-order valence-electron chi connectivity index (χ3n) is 6.28. The number of benzene rings is 2. The van der Waals surface area contributed by atoms with Gasteiger partial charge in [0.1, 0.15) is 0 Å². The van der Waals surface area contributed by atoms with Gasteiger partial charge in [0.25, 0.3) is 0 Å². The van der Waals surface area contributed by atoms with Gasteiger partial charge >= 0.3 is 0 Å². The van der Waals surface area contributed by atoms with Crippen molar-refractivity contribution in [2.24, 2.45) is 0 Å². The van der Waals surface area contributed by atoms with E-state index in [0.29, 0.717) is 23.1 Å². The molecule has 6 nitrogen and oxygen atoms in total. The molecule has 0 saturated carbocycles. The standard InChI is InChI=1S/C28H26ClN5OS/c1-19-10-12-21(13-11-19)31-25(35)14-17-34-27(26(32-28(34)36)23-8-2-3-15-30-23)24-9-5-16-33(24)22-7-4-6-20(29)18-22/h2-13,15-16,18,26-27H,14,17H2,1H3,(H,31,35)(H,32,36)/t26-,27+/m1/s1. The Morgan fingerprint density at radius 2 is 1.92 bits per heavy atom. The first kappa shape index (κ1) is 24.0. The Kier molecular flexibility index (Phi) is 7.02. The third kappa shape index (κ3) is 5.12. The van der Waals surface area contributed by atoms with Crippen molar-refractivity contribution in [2.45, 2.75) is 25.4 Å². The Morgan fingerprint density at radius 1 is 1.08 bits per heavy atom. The minimum atomic E-state index is -0.174. The van der Waals surface area contributed by atoms with Crippen LogP contribution in [0.2, 0.25) is 5.02 Å². The molecule has 2 aromatic heterocycles. The van der Waals surface area contributed by atoms with Gasteiger partial charge in [0.05, 0.1) is 17.8 Å². The first-order chi connectivity index (χ1) is 17.5. The Bertz CT molecular complexity index is 1370. The van der Waals surface area contributed by atoms with Gasteiger partial charge in [-0.1, -0.05) is 41.4 Å². The lowest BCUT2D eigenvalue weighted by Crippen LogP contribution is -2.33. The monoisotopic (exact) mass is 515 g/mol. The van der Waals surface area contributed by atoms with E-state index in [4.69, 9.17) is 23.8 Å². The number of aromatic nitrogens is 2. The number of anilines is 1. The molecule has 1 amide bonds. The molecule has 1 saturated heterocycles. The quantitative estimate of drug-likeness (QED) is 0.303. The molecule has 0 bridgehead atoms. The Morgan fingerprint density at radius 3 is 2.67 bits per heavy atom. The molecule has 0 radical (unpaired) electrons. The molecule has 0 unspecified atom stereocenters. The second-order valence-electron chi connectivity index (χ2n) is 8.77. The maximum absolute atomic E-state index is 12.8. The Labute approximate surface area is 220 Å². The van der Waals surface area contributed by atoms with Crippen molar-refractivity contribution in [2.75, 3.05) is 11.9 Å². The zero-order valence-electron chi connectivity index (χ0n) is 19.8. The predicted molar refractivity (Wildman–Crippen MR) is 147 cm³/mol. The van der Waals surface area contributed by atoms with E-state index >= 15 is 0 Å². The molecule has 0 aliphatic carbocycles. The summed E-state index contributed by atoms with van der Waals surface area (Å²) in [5, 5.41) is 7.69. The first-order valence-corrected chi connectivity index (χ1v) is 12.6. The number of amides is 1. The van der Waals surface area contributed by atoms with Crippen LogP contribution in [-0.4, -0.2) is 32.0 Å². The minimum absolute atomic E-state index is 0.0630. The van der Waals surface area contributed by atoms with E-state index in [1.807, 2.05) is 85.9 Å². The molecule has 4 aromatic rings. The number of carbonyl (C=O) groups is 1. The molecule has 5 rings (SSSR count). The van der Waals surface area contributed by atoms with Crippen molar-refractivity contribution in [3.63, 3.8) is 0 Å². The van der Waals surface area contributed by atoms with E-state index in [2.05, 4.69) is 31.2 Å². The van der Waals surface area contributed by atoms with E-state index < -0.39 is 0 Å². The summed E-state index contributed by atoms with van der Waals surface area (Å²) in [5.74, 6) is -0.0630. The second-order valence-corrected chi connectivity index (χ2v) is 9.59. The van der Waals surface area contributed by atoms with Crippen molar-refractivity contribution in [3.8, 4) is 5.69 Å². The maximum atomic E-state index is 12.8. The summed E-state index contributed by atoms with van der Waals surface area (Å²) in [7, 11) is 0. The number of hydrogen-bond donors (Lipinski definition) is 2. The zero-order valence-corrected chi connectivity index (χ0v) is 21.3. The van der Waals surface area contributed by atoms with Crippen LogP contribution in [0.5, 0.6) is 0 Å². The van der Waals surface area contributed by atoms with Crippen molar-refractivity contribution < 1.29 is 4.79 Å². The number of carbonyl (C=O) groups excluding carboxylic acids is 1. The second kappa shape index (κ2) is 10.5. The summed E-state index contributed by atoms with van der Waals surface area (Å²) in [6.45, 7) is 2.47. The summed E-state index contributed by atoms with van der Waals surface area (Å²) in [5.41, 5.74) is 4.80. The Hall–Kier alpha value is -3.68. The van der Waals surface area contributed by atoms with Crippen LogP contribution in [0.4, 0.5) is 5.69 Å². The largest absolute Gasteiger partial charge is 0.352 e. The first-order valence-electron chi connectivity index (χ1n) is 11.8. The van der Waals surface area contributed by atoms with Gasteiger partial charge < -0.3 is 20.1 Å². The Balaban J connectivity index is 1.44. The molecule has 182 valence electrons. The minimum Gasteiger partial charge on any atom is -0.352 e. The fraction of sp³-hybridized carbons (Fsp3) is 0.179. The van der Waals surface area contributed by atoms with E-state index in [9.17, 15) is 4.79 Å². The normalized spacial score (nSPS) is 17.2. The van der Waals surface area contributed by atoms with Crippen LogP contribution in [0, 0.1) is 6.92 Å². The van der Waals surface area contributed by atoms with Crippen LogP contribution in [0.1, 0.15) is 35.5 Å². The molecular weight excluding hydrogens is 490 g/mol. The molecule has 1 fully saturated rings. The lowest BCUT2D eigenvalue weighted by molar-refractivity contribution is -0.116. The highest BCUT2D eigenvalue weighted by molar-refractivity contribution is 7.80. The smallest absolute Gasteiger partial charge is 0.226 e. The van der Waals surface area contributed by atoms with Crippen LogP contribution in [0.3, 0.4) is 0 Å². The highest BCUT2D eigenvalue weighted by Crippen LogP contribution is 2.39. The van der Waals surface area contributed by atoms with Crippen molar-refractivity contribution >= 4 is 40.5 Å². The fourth-order valence-corrected chi connectivity index (χ4v) is 5.06. The topological polar surface area (TPSA) is 62.2 Å². The molecule has 1 aliphatic heterocycles. The van der Waals surface area contributed by atoms with Crippen molar-refractivity contribution in [1.29, 1.82) is 0 Å². The lowest BCUT2D eigenvalue weighted by atomic mass is 10.0. The fourth-order valence-electron chi connectivity index (χ4n) is 4.55.